The van der Waals surface area contributed by atoms with Crippen LogP contribution in [0.1, 0.15) is 51.4 Å². The summed E-state index contributed by atoms with van der Waals surface area (Å²) in [6, 6.07) is 15.9. The molecule has 0 aliphatic heterocycles. The van der Waals surface area contributed by atoms with Crippen LogP contribution in [0.5, 0.6) is 0 Å². The SMILES string of the molecule is Cc1ccc(NC(=O)c2cccc(C(C)(C)C#N)c2)cc1C(=O)Nc1cnc(C)c(Cl)c1. The first kappa shape index (κ1) is 23.0. The van der Waals surface area contributed by atoms with Crippen molar-refractivity contribution in [1.82, 2.24) is 4.98 Å². The van der Waals surface area contributed by atoms with Gasteiger partial charge in [0.05, 0.1) is 34.1 Å². The second-order valence-electron chi connectivity index (χ2n) is 8.05. The number of hydrogen-bond donors (Lipinski definition) is 2. The second kappa shape index (κ2) is 9.21. The number of aryl methyl sites for hydroxylation is 2. The molecule has 0 aliphatic rings. The maximum Gasteiger partial charge on any atom is 0.256 e. The zero-order chi connectivity index (χ0) is 23.5. The van der Waals surface area contributed by atoms with E-state index in [1.807, 2.05) is 13.0 Å². The molecule has 0 spiro atoms. The van der Waals surface area contributed by atoms with Crippen LogP contribution in [0, 0.1) is 25.2 Å². The Morgan fingerprint density at radius 2 is 1.72 bits per heavy atom. The van der Waals surface area contributed by atoms with E-state index in [-0.39, 0.29) is 11.8 Å². The van der Waals surface area contributed by atoms with E-state index in [0.717, 1.165) is 11.1 Å². The number of aromatic nitrogens is 1. The molecule has 162 valence electrons. The van der Waals surface area contributed by atoms with Crippen molar-refractivity contribution in [3.8, 4) is 6.07 Å². The molecule has 0 atom stereocenters. The zero-order valence-electron chi connectivity index (χ0n) is 18.3. The fourth-order valence-electron chi connectivity index (χ4n) is 3.03. The molecule has 32 heavy (non-hydrogen) atoms. The number of carbonyl (C=O) groups is 2. The van der Waals surface area contributed by atoms with Crippen molar-refractivity contribution in [3.63, 3.8) is 0 Å². The molecule has 2 amide bonds. The molecule has 0 fully saturated rings. The highest BCUT2D eigenvalue weighted by atomic mass is 35.5. The van der Waals surface area contributed by atoms with Gasteiger partial charge in [0.15, 0.2) is 0 Å². The Balaban J connectivity index is 1.80. The van der Waals surface area contributed by atoms with Crippen molar-refractivity contribution in [3.05, 3.63) is 87.7 Å². The molecule has 0 aliphatic carbocycles. The molecule has 1 aromatic heterocycles. The Labute approximate surface area is 192 Å². The Morgan fingerprint density at radius 1 is 1.00 bits per heavy atom. The topological polar surface area (TPSA) is 94.9 Å². The van der Waals surface area contributed by atoms with Crippen LogP contribution in [-0.4, -0.2) is 16.8 Å². The summed E-state index contributed by atoms with van der Waals surface area (Å²) in [5.41, 5.74) is 3.28. The summed E-state index contributed by atoms with van der Waals surface area (Å²) in [6.07, 6.45) is 1.54. The summed E-state index contributed by atoms with van der Waals surface area (Å²) >= 11 is 6.08. The van der Waals surface area contributed by atoms with E-state index in [4.69, 9.17) is 11.6 Å². The quantitative estimate of drug-likeness (QED) is 0.528. The summed E-state index contributed by atoms with van der Waals surface area (Å²) in [5.74, 6) is -0.664. The largest absolute Gasteiger partial charge is 0.322 e. The van der Waals surface area contributed by atoms with Gasteiger partial charge in [-0.3, -0.25) is 14.6 Å². The van der Waals surface area contributed by atoms with Crippen LogP contribution in [0.2, 0.25) is 5.02 Å². The maximum atomic E-state index is 12.8. The van der Waals surface area contributed by atoms with Gasteiger partial charge in [0.2, 0.25) is 0 Å². The molecular formula is C25H23ClN4O2. The Hall–Kier alpha value is -3.69. The van der Waals surface area contributed by atoms with Gasteiger partial charge in [-0.05, 0) is 69.2 Å². The smallest absolute Gasteiger partial charge is 0.256 e. The normalized spacial score (nSPS) is 10.9. The van der Waals surface area contributed by atoms with Crippen molar-refractivity contribution in [2.75, 3.05) is 10.6 Å². The van der Waals surface area contributed by atoms with Crippen LogP contribution >= 0.6 is 11.6 Å². The number of carbonyl (C=O) groups excluding carboxylic acids is 2. The highest BCUT2D eigenvalue weighted by Crippen LogP contribution is 2.24. The number of benzene rings is 2. The third-order valence-electron chi connectivity index (χ3n) is 5.15. The zero-order valence-corrected chi connectivity index (χ0v) is 19.0. The maximum absolute atomic E-state index is 12.8. The molecule has 0 saturated heterocycles. The molecule has 1 heterocycles. The third kappa shape index (κ3) is 5.13. The number of amides is 2. The van der Waals surface area contributed by atoms with Crippen molar-refractivity contribution in [2.24, 2.45) is 0 Å². The summed E-state index contributed by atoms with van der Waals surface area (Å²) in [6.45, 7) is 7.19. The van der Waals surface area contributed by atoms with Crippen LogP contribution in [-0.2, 0) is 5.41 Å². The number of anilines is 2. The monoisotopic (exact) mass is 446 g/mol. The van der Waals surface area contributed by atoms with E-state index >= 15 is 0 Å². The van der Waals surface area contributed by atoms with Gasteiger partial charge in [-0.15, -0.1) is 0 Å². The number of rotatable bonds is 5. The van der Waals surface area contributed by atoms with Gasteiger partial charge in [-0.25, -0.2) is 0 Å². The Kier molecular flexibility index (Phi) is 6.61. The molecule has 0 bridgehead atoms. The van der Waals surface area contributed by atoms with E-state index in [0.29, 0.717) is 33.2 Å². The lowest BCUT2D eigenvalue weighted by molar-refractivity contribution is 0.101. The van der Waals surface area contributed by atoms with E-state index in [9.17, 15) is 14.9 Å². The molecule has 2 N–H and O–H groups in total. The van der Waals surface area contributed by atoms with Gasteiger partial charge in [0, 0.05) is 16.8 Å². The number of nitrogens with one attached hydrogen (secondary N) is 2. The summed E-state index contributed by atoms with van der Waals surface area (Å²) in [7, 11) is 0. The number of nitrogens with zero attached hydrogens (tertiary/aromatic N) is 2. The molecular weight excluding hydrogens is 424 g/mol. The van der Waals surface area contributed by atoms with Crippen LogP contribution in [0.25, 0.3) is 0 Å². The van der Waals surface area contributed by atoms with Gasteiger partial charge in [-0.2, -0.15) is 5.26 Å². The van der Waals surface area contributed by atoms with Crippen LogP contribution in [0.3, 0.4) is 0 Å². The fraction of sp³-hybridized carbons (Fsp3) is 0.200. The van der Waals surface area contributed by atoms with Gasteiger partial charge < -0.3 is 10.6 Å². The molecule has 6 nitrogen and oxygen atoms in total. The first-order valence-corrected chi connectivity index (χ1v) is 10.4. The van der Waals surface area contributed by atoms with Crippen molar-refractivity contribution < 1.29 is 9.59 Å². The lowest BCUT2D eigenvalue weighted by atomic mass is 9.85. The standard InChI is InChI=1S/C25H23ClN4O2/c1-15-8-9-19(11-21(15)24(32)30-20-12-22(26)16(2)28-13-20)29-23(31)17-6-5-7-18(10-17)25(3,4)14-27/h5-13H,1-4H3,(H,29,31)(H,30,32). The van der Waals surface area contributed by atoms with Crippen LogP contribution < -0.4 is 10.6 Å². The number of nitriles is 1. The van der Waals surface area contributed by atoms with E-state index < -0.39 is 5.41 Å². The van der Waals surface area contributed by atoms with E-state index in [2.05, 4.69) is 21.7 Å². The molecule has 7 heteroatoms. The molecule has 0 radical (unpaired) electrons. The highest BCUT2D eigenvalue weighted by molar-refractivity contribution is 6.31. The molecule has 3 aromatic rings. The number of hydrogen-bond acceptors (Lipinski definition) is 4. The van der Waals surface area contributed by atoms with Gasteiger partial charge in [0.25, 0.3) is 11.8 Å². The average molecular weight is 447 g/mol. The summed E-state index contributed by atoms with van der Waals surface area (Å²) < 4.78 is 0. The lowest BCUT2D eigenvalue weighted by Crippen LogP contribution is -2.18. The molecule has 0 unspecified atom stereocenters. The Bertz CT molecular complexity index is 1240. The highest BCUT2D eigenvalue weighted by Gasteiger charge is 2.21. The fourth-order valence-corrected chi connectivity index (χ4v) is 3.20. The third-order valence-corrected chi connectivity index (χ3v) is 5.53. The predicted octanol–water partition coefficient (Wildman–Crippen LogP) is 5.66. The van der Waals surface area contributed by atoms with Crippen LogP contribution in [0.4, 0.5) is 11.4 Å². The lowest BCUT2D eigenvalue weighted by Gasteiger charge is -2.16. The van der Waals surface area contributed by atoms with Crippen molar-refractivity contribution in [2.45, 2.75) is 33.1 Å². The van der Waals surface area contributed by atoms with Crippen molar-refractivity contribution in [1.29, 1.82) is 5.26 Å². The van der Waals surface area contributed by atoms with Gasteiger partial charge >= 0.3 is 0 Å². The summed E-state index contributed by atoms with van der Waals surface area (Å²) in [5, 5.41) is 15.4. The minimum absolute atomic E-state index is 0.328. The minimum Gasteiger partial charge on any atom is -0.322 e. The van der Waals surface area contributed by atoms with Crippen molar-refractivity contribution >= 4 is 34.8 Å². The predicted molar refractivity (Wildman–Crippen MR) is 126 cm³/mol. The Morgan fingerprint density at radius 3 is 2.41 bits per heavy atom. The second-order valence-corrected chi connectivity index (χ2v) is 8.45. The molecule has 2 aromatic carbocycles. The number of pyridine rings is 1. The van der Waals surface area contributed by atoms with E-state index in [1.165, 1.54) is 6.20 Å². The van der Waals surface area contributed by atoms with E-state index in [1.54, 1.807) is 63.2 Å². The summed E-state index contributed by atoms with van der Waals surface area (Å²) in [4.78, 5) is 29.7. The molecule has 3 rings (SSSR count). The van der Waals surface area contributed by atoms with Gasteiger partial charge in [-0.1, -0.05) is 29.8 Å². The number of halogens is 1. The first-order valence-electron chi connectivity index (χ1n) is 9.98. The molecule has 0 saturated carbocycles. The minimum atomic E-state index is -0.709. The average Bonchev–Trinajstić information content (AvgIpc) is 2.77. The van der Waals surface area contributed by atoms with Crippen LogP contribution in [0.15, 0.2) is 54.7 Å². The van der Waals surface area contributed by atoms with Gasteiger partial charge in [0.1, 0.15) is 0 Å². The first-order chi connectivity index (χ1) is 15.1.